The van der Waals surface area contributed by atoms with E-state index in [0.717, 1.165) is 6.26 Å². The van der Waals surface area contributed by atoms with Gasteiger partial charge in [-0.3, -0.25) is 4.79 Å². The molecule has 0 aromatic heterocycles. The molecular weight excluding hydrogens is 256 g/mol. The maximum Gasteiger partial charge on any atom is 0.239 e. The molecule has 0 fully saturated rings. The predicted molar refractivity (Wildman–Crippen MR) is 68.8 cm³/mol. The molecular formula is C11H14N2O4S. The molecule has 1 aromatic rings. The van der Waals surface area contributed by atoms with Crippen LogP contribution < -0.4 is 5.32 Å². The number of hydrogen-bond donors (Lipinski definition) is 2. The van der Waals surface area contributed by atoms with E-state index in [9.17, 15) is 13.2 Å². The van der Waals surface area contributed by atoms with Gasteiger partial charge < -0.3 is 10.5 Å². The largest absolute Gasteiger partial charge is 0.411 e. The topological polar surface area (TPSA) is 95.8 Å². The molecule has 0 atom stereocenters. The van der Waals surface area contributed by atoms with Gasteiger partial charge in [0.25, 0.3) is 0 Å². The van der Waals surface area contributed by atoms with Crippen LogP contribution in [0.5, 0.6) is 0 Å². The molecule has 0 unspecified atom stereocenters. The van der Waals surface area contributed by atoms with Gasteiger partial charge in [-0.05, 0) is 13.0 Å². The van der Waals surface area contributed by atoms with E-state index in [1.165, 1.54) is 0 Å². The van der Waals surface area contributed by atoms with Crippen LogP contribution in [0.15, 0.2) is 29.4 Å². The van der Waals surface area contributed by atoms with Gasteiger partial charge in [0, 0.05) is 17.5 Å². The molecule has 18 heavy (non-hydrogen) atoms. The lowest BCUT2D eigenvalue weighted by atomic mass is 10.1. The molecule has 0 saturated carbocycles. The van der Waals surface area contributed by atoms with Crippen LogP contribution in [0.25, 0.3) is 0 Å². The van der Waals surface area contributed by atoms with Gasteiger partial charge in [-0.15, -0.1) is 0 Å². The van der Waals surface area contributed by atoms with Gasteiger partial charge >= 0.3 is 0 Å². The van der Waals surface area contributed by atoms with Gasteiger partial charge in [0.1, 0.15) is 5.75 Å². The van der Waals surface area contributed by atoms with Crippen molar-refractivity contribution < 1.29 is 18.4 Å². The normalized spacial score (nSPS) is 12.2. The highest BCUT2D eigenvalue weighted by molar-refractivity contribution is 7.91. The highest BCUT2D eigenvalue weighted by atomic mass is 32.2. The smallest absolute Gasteiger partial charge is 0.239 e. The molecule has 1 amide bonds. The number of sulfone groups is 1. The second-order valence-corrected chi connectivity index (χ2v) is 5.99. The van der Waals surface area contributed by atoms with Gasteiger partial charge in [0.2, 0.25) is 5.91 Å². The van der Waals surface area contributed by atoms with Crippen molar-refractivity contribution in [2.45, 2.75) is 6.92 Å². The zero-order chi connectivity index (χ0) is 13.8. The summed E-state index contributed by atoms with van der Waals surface area (Å²) < 4.78 is 22.0. The lowest BCUT2D eigenvalue weighted by Gasteiger charge is -2.09. The van der Waals surface area contributed by atoms with Crippen LogP contribution >= 0.6 is 0 Å². The fourth-order valence-corrected chi connectivity index (χ4v) is 1.93. The Balaban J connectivity index is 2.95. The van der Waals surface area contributed by atoms with Crippen LogP contribution in [-0.2, 0) is 14.6 Å². The Bertz CT molecular complexity index is 578. The van der Waals surface area contributed by atoms with Crippen molar-refractivity contribution in [2.24, 2.45) is 5.16 Å². The minimum Gasteiger partial charge on any atom is -0.411 e. The van der Waals surface area contributed by atoms with E-state index < -0.39 is 21.5 Å². The fraction of sp³-hybridized carbons (Fsp3) is 0.273. The standard InChI is InChI=1S/C11H14N2O4S/c1-8(13-15)9-5-3-4-6-10(9)12-11(14)7-18(2,16)17/h3-6,15H,7H2,1-2H3,(H,12,14). The molecule has 1 rings (SSSR count). The summed E-state index contributed by atoms with van der Waals surface area (Å²) in [6.45, 7) is 1.57. The Labute approximate surface area is 105 Å². The first-order chi connectivity index (χ1) is 8.33. The number of carbonyl (C=O) groups excluding carboxylic acids is 1. The second-order valence-electron chi connectivity index (χ2n) is 3.85. The maximum absolute atomic E-state index is 11.5. The average Bonchev–Trinajstić information content (AvgIpc) is 2.26. The van der Waals surface area contributed by atoms with E-state index in [-0.39, 0.29) is 0 Å². The van der Waals surface area contributed by atoms with Crippen LogP contribution in [-0.4, -0.2) is 37.3 Å². The molecule has 0 aliphatic rings. The van der Waals surface area contributed by atoms with Crippen LogP contribution in [0.1, 0.15) is 12.5 Å². The Hall–Kier alpha value is -1.89. The van der Waals surface area contributed by atoms with Crippen molar-refractivity contribution in [2.75, 3.05) is 17.3 Å². The molecule has 2 N–H and O–H groups in total. The molecule has 0 saturated heterocycles. The van der Waals surface area contributed by atoms with Gasteiger partial charge in [0.05, 0.1) is 5.71 Å². The van der Waals surface area contributed by atoms with Gasteiger partial charge in [0.15, 0.2) is 9.84 Å². The first-order valence-electron chi connectivity index (χ1n) is 5.09. The first-order valence-corrected chi connectivity index (χ1v) is 7.15. The number of rotatable bonds is 4. The Morgan fingerprint density at radius 3 is 2.56 bits per heavy atom. The third kappa shape index (κ3) is 4.17. The van der Waals surface area contributed by atoms with Crippen molar-refractivity contribution in [1.29, 1.82) is 0 Å². The van der Waals surface area contributed by atoms with Crippen LogP contribution in [0.2, 0.25) is 0 Å². The van der Waals surface area contributed by atoms with Crippen molar-refractivity contribution >= 4 is 27.1 Å². The van der Waals surface area contributed by atoms with E-state index >= 15 is 0 Å². The monoisotopic (exact) mass is 270 g/mol. The molecule has 6 nitrogen and oxygen atoms in total. The quantitative estimate of drug-likeness (QED) is 0.482. The lowest BCUT2D eigenvalue weighted by molar-refractivity contribution is -0.113. The van der Waals surface area contributed by atoms with E-state index in [1.807, 2.05) is 0 Å². The van der Waals surface area contributed by atoms with E-state index in [1.54, 1.807) is 31.2 Å². The summed E-state index contributed by atoms with van der Waals surface area (Å²) in [7, 11) is -3.37. The van der Waals surface area contributed by atoms with Gasteiger partial charge in [-0.1, -0.05) is 23.4 Å². The molecule has 98 valence electrons. The predicted octanol–water partition coefficient (Wildman–Crippen LogP) is 0.868. The molecule has 0 heterocycles. The first kappa shape index (κ1) is 14.2. The number of hydrogen-bond acceptors (Lipinski definition) is 5. The van der Waals surface area contributed by atoms with Crippen LogP contribution in [0.4, 0.5) is 5.69 Å². The Kier molecular flexibility index (Phi) is 4.43. The highest BCUT2D eigenvalue weighted by Crippen LogP contribution is 2.16. The number of benzene rings is 1. The molecule has 0 radical (unpaired) electrons. The number of nitrogens with one attached hydrogen (secondary N) is 1. The van der Waals surface area contributed by atoms with Crippen molar-refractivity contribution in [3.8, 4) is 0 Å². The molecule has 0 spiro atoms. The minimum atomic E-state index is -3.37. The number of anilines is 1. The summed E-state index contributed by atoms with van der Waals surface area (Å²) in [6.07, 6.45) is 0.985. The molecule has 0 aliphatic heterocycles. The maximum atomic E-state index is 11.5. The molecule has 7 heteroatoms. The van der Waals surface area contributed by atoms with Crippen molar-refractivity contribution in [3.05, 3.63) is 29.8 Å². The molecule has 0 bridgehead atoms. The van der Waals surface area contributed by atoms with Crippen molar-refractivity contribution in [3.63, 3.8) is 0 Å². The minimum absolute atomic E-state index is 0.324. The van der Waals surface area contributed by atoms with E-state index in [4.69, 9.17) is 5.21 Å². The summed E-state index contributed by atoms with van der Waals surface area (Å²) in [5.74, 6) is -1.22. The third-order valence-electron chi connectivity index (χ3n) is 2.13. The number of nitrogens with zero attached hydrogens (tertiary/aromatic N) is 1. The summed E-state index contributed by atoms with van der Waals surface area (Å²) in [4.78, 5) is 11.5. The number of carbonyl (C=O) groups is 1. The zero-order valence-corrected chi connectivity index (χ0v) is 10.9. The number of amides is 1. The van der Waals surface area contributed by atoms with Crippen LogP contribution in [0, 0.1) is 0 Å². The van der Waals surface area contributed by atoms with Crippen molar-refractivity contribution in [1.82, 2.24) is 0 Å². The van der Waals surface area contributed by atoms with E-state index in [2.05, 4.69) is 10.5 Å². The van der Waals surface area contributed by atoms with E-state index in [0.29, 0.717) is 17.0 Å². The van der Waals surface area contributed by atoms with Crippen LogP contribution in [0.3, 0.4) is 0 Å². The number of para-hydroxylation sites is 1. The van der Waals surface area contributed by atoms with Gasteiger partial charge in [-0.2, -0.15) is 0 Å². The zero-order valence-electron chi connectivity index (χ0n) is 10.0. The highest BCUT2D eigenvalue weighted by Gasteiger charge is 2.13. The summed E-state index contributed by atoms with van der Waals surface area (Å²) in [6, 6.07) is 6.66. The summed E-state index contributed by atoms with van der Waals surface area (Å²) in [5.41, 5.74) is 1.26. The SMILES string of the molecule is CC(=NO)c1ccccc1NC(=O)CS(C)(=O)=O. The molecule has 1 aromatic carbocycles. The lowest BCUT2D eigenvalue weighted by Crippen LogP contribution is -2.22. The Morgan fingerprint density at radius 2 is 2.00 bits per heavy atom. The average molecular weight is 270 g/mol. The Morgan fingerprint density at radius 1 is 1.39 bits per heavy atom. The molecule has 0 aliphatic carbocycles. The summed E-state index contributed by atoms with van der Waals surface area (Å²) >= 11 is 0. The van der Waals surface area contributed by atoms with Gasteiger partial charge in [-0.25, -0.2) is 8.42 Å². The third-order valence-corrected chi connectivity index (χ3v) is 2.92. The second kappa shape index (κ2) is 5.63. The fourth-order valence-electron chi connectivity index (χ4n) is 1.39. The summed E-state index contributed by atoms with van der Waals surface area (Å²) in [5, 5.41) is 14.2. The number of oxime groups is 1.